The first-order valence-corrected chi connectivity index (χ1v) is 4.77. The molecule has 0 saturated heterocycles. The van der Waals surface area contributed by atoms with Crippen molar-refractivity contribution in [3.63, 3.8) is 0 Å². The van der Waals surface area contributed by atoms with Gasteiger partial charge in [0, 0.05) is 10.9 Å². The van der Waals surface area contributed by atoms with Crippen LogP contribution >= 0.6 is 0 Å². The van der Waals surface area contributed by atoms with E-state index >= 15 is 0 Å². The molecule has 0 radical (unpaired) electrons. The third kappa shape index (κ3) is 1.64. The van der Waals surface area contributed by atoms with Crippen molar-refractivity contribution in [3.05, 3.63) is 54.2 Å². The van der Waals surface area contributed by atoms with Crippen LogP contribution in [0.2, 0.25) is 0 Å². The van der Waals surface area contributed by atoms with Gasteiger partial charge in [-0.25, -0.2) is 4.79 Å². The minimum atomic E-state index is -0.537. The zero-order valence-electron chi connectivity index (χ0n) is 8.82. The number of hydrogen-bond donors (Lipinski definition) is 0. The maximum atomic E-state index is 11.6. The molecule has 0 bridgehead atoms. The molecule has 0 aliphatic heterocycles. The fourth-order valence-corrected chi connectivity index (χ4v) is 1.52. The number of benzene rings is 1. The predicted molar refractivity (Wildman–Crippen MR) is 60.1 cm³/mol. The Morgan fingerprint density at radius 2 is 2.25 bits per heavy atom. The summed E-state index contributed by atoms with van der Waals surface area (Å²) in [6, 6.07) is 7.45. The van der Waals surface area contributed by atoms with Crippen LogP contribution in [0.4, 0.5) is 0 Å². The number of ether oxygens (including phenoxy) is 1. The zero-order valence-corrected chi connectivity index (χ0v) is 8.82. The molecule has 0 saturated carbocycles. The Hall–Kier alpha value is -2.25. The van der Waals surface area contributed by atoms with Gasteiger partial charge in [-0.15, -0.1) is 0 Å². The summed E-state index contributed by atoms with van der Waals surface area (Å²) >= 11 is 0. The van der Waals surface area contributed by atoms with Crippen LogP contribution in [0.25, 0.3) is 11.0 Å². The molecule has 3 heteroatoms. The first kappa shape index (κ1) is 10.3. The van der Waals surface area contributed by atoms with E-state index < -0.39 is 5.97 Å². The van der Waals surface area contributed by atoms with Crippen molar-refractivity contribution < 1.29 is 13.9 Å². The van der Waals surface area contributed by atoms with Crippen LogP contribution in [0.15, 0.2) is 47.3 Å². The lowest BCUT2D eigenvalue weighted by molar-refractivity contribution is 0.0630. The van der Waals surface area contributed by atoms with Crippen molar-refractivity contribution in [1.82, 2.24) is 0 Å². The van der Waals surface area contributed by atoms with Crippen molar-refractivity contribution in [3.8, 4) is 0 Å². The normalized spacial score (nSPS) is 9.81. The van der Waals surface area contributed by atoms with Crippen molar-refractivity contribution in [2.45, 2.75) is 6.92 Å². The van der Waals surface area contributed by atoms with Crippen LogP contribution in [-0.2, 0) is 4.74 Å². The van der Waals surface area contributed by atoms with E-state index in [1.54, 1.807) is 0 Å². The number of esters is 1. The highest BCUT2D eigenvalue weighted by atomic mass is 16.5. The number of carbonyl (C=O) groups excluding carboxylic acids is 1. The summed E-state index contributed by atoms with van der Waals surface area (Å²) in [7, 11) is 0. The maximum absolute atomic E-state index is 11.6. The standard InChI is InChI=1S/C13H10O3/c1-3-8-15-13(14)12-9(2)10-6-4-5-7-11(10)16-12/h4-8H,1H2,2H3. The number of rotatable bonds is 2. The van der Waals surface area contributed by atoms with Gasteiger partial charge in [0.15, 0.2) is 0 Å². The summed E-state index contributed by atoms with van der Waals surface area (Å²) in [6.07, 6.45) is 1.11. The molecule has 2 aromatic rings. The van der Waals surface area contributed by atoms with E-state index in [4.69, 9.17) is 9.15 Å². The van der Waals surface area contributed by atoms with Gasteiger partial charge in [-0.2, -0.15) is 0 Å². The molecule has 0 fully saturated rings. The second kappa shape index (κ2) is 4.09. The molecule has 0 unspecified atom stereocenters. The molecule has 16 heavy (non-hydrogen) atoms. The highest BCUT2D eigenvalue weighted by Gasteiger charge is 2.17. The van der Waals surface area contributed by atoms with Crippen LogP contribution < -0.4 is 0 Å². The van der Waals surface area contributed by atoms with Gasteiger partial charge >= 0.3 is 5.97 Å². The first-order valence-electron chi connectivity index (χ1n) is 4.77. The van der Waals surface area contributed by atoms with Gasteiger partial charge in [0.05, 0.1) is 0 Å². The Kier molecular flexibility index (Phi) is 2.63. The molecule has 0 aliphatic carbocycles. The molecular weight excluding hydrogens is 204 g/mol. The molecule has 0 aliphatic rings. The minimum Gasteiger partial charge on any atom is -0.449 e. The second-order valence-corrected chi connectivity index (χ2v) is 3.28. The van der Waals surface area contributed by atoms with Crippen LogP contribution in [-0.4, -0.2) is 5.97 Å². The van der Waals surface area contributed by atoms with Crippen molar-refractivity contribution in [2.24, 2.45) is 0 Å². The van der Waals surface area contributed by atoms with Gasteiger partial charge in [-0.1, -0.05) is 30.5 Å². The quantitative estimate of drug-likeness (QED) is 0.438. The molecule has 0 N–H and O–H groups in total. The molecule has 1 heterocycles. The van der Waals surface area contributed by atoms with Crippen molar-refractivity contribution >= 4 is 16.9 Å². The molecule has 0 spiro atoms. The summed E-state index contributed by atoms with van der Waals surface area (Å²) in [5.74, 6) is -0.322. The van der Waals surface area contributed by atoms with Gasteiger partial charge in [-0.3, -0.25) is 0 Å². The summed E-state index contributed by atoms with van der Waals surface area (Å²) in [5.41, 5.74) is 3.81. The number of fused-ring (bicyclic) bond motifs is 1. The second-order valence-electron chi connectivity index (χ2n) is 3.28. The summed E-state index contributed by atoms with van der Waals surface area (Å²) in [4.78, 5) is 11.6. The van der Waals surface area contributed by atoms with Gasteiger partial charge in [0.25, 0.3) is 0 Å². The average Bonchev–Trinajstić information content (AvgIpc) is 2.64. The lowest BCUT2D eigenvalue weighted by atomic mass is 10.1. The third-order valence-corrected chi connectivity index (χ3v) is 2.28. The van der Waals surface area contributed by atoms with Crippen LogP contribution in [0.1, 0.15) is 16.1 Å². The molecule has 0 amide bonds. The summed E-state index contributed by atoms with van der Waals surface area (Å²) in [6.45, 7) is 5.12. The van der Waals surface area contributed by atoms with E-state index in [2.05, 4.69) is 12.3 Å². The Balaban J connectivity index is 2.49. The number of furan rings is 1. The number of carbonyl (C=O) groups is 1. The Bertz CT molecular complexity index is 586. The highest BCUT2D eigenvalue weighted by molar-refractivity contribution is 5.96. The summed E-state index contributed by atoms with van der Waals surface area (Å²) < 4.78 is 10.2. The predicted octanol–water partition coefficient (Wildman–Crippen LogP) is 3.20. The van der Waals surface area contributed by atoms with Gasteiger partial charge in [0.2, 0.25) is 5.76 Å². The van der Waals surface area contributed by atoms with Crippen LogP contribution in [0.5, 0.6) is 0 Å². The van der Waals surface area contributed by atoms with Gasteiger partial charge < -0.3 is 9.15 Å². The Morgan fingerprint density at radius 3 is 2.94 bits per heavy atom. The van der Waals surface area contributed by atoms with Gasteiger partial charge in [0.1, 0.15) is 11.8 Å². The van der Waals surface area contributed by atoms with E-state index in [-0.39, 0.29) is 5.76 Å². The number of para-hydroxylation sites is 1. The van der Waals surface area contributed by atoms with E-state index in [1.807, 2.05) is 31.2 Å². The van der Waals surface area contributed by atoms with Crippen molar-refractivity contribution in [2.75, 3.05) is 0 Å². The lowest BCUT2D eigenvalue weighted by Gasteiger charge is -1.94. The Labute approximate surface area is 92.6 Å². The molecule has 1 aromatic carbocycles. The molecule has 80 valence electrons. The minimum absolute atomic E-state index is 0.215. The average molecular weight is 214 g/mol. The lowest BCUT2D eigenvalue weighted by Crippen LogP contribution is -2.00. The van der Waals surface area contributed by atoms with Crippen molar-refractivity contribution in [1.29, 1.82) is 0 Å². The van der Waals surface area contributed by atoms with E-state index in [0.717, 1.165) is 17.2 Å². The molecule has 2 rings (SSSR count). The highest BCUT2D eigenvalue weighted by Crippen LogP contribution is 2.25. The summed E-state index contributed by atoms with van der Waals surface area (Å²) in [5, 5.41) is 0.914. The smallest absolute Gasteiger partial charge is 0.379 e. The maximum Gasteiger partial charge on any atom is 0.379 e. The monoisotopic (exact) mass is 214 g/mol. The molecular formula is C13H10O3. The third-order valence-electron chi connectivity index (χ3n) is 2.28. The Morgan fingerprint density at radius 1 is 1.50 bits per heavy atom. The van der Waals surface area contributed by atoms with E-state index in [9.17, 15) is 4.79 Å². The van der Waals surface area contributed by atoms with Crippen LogP contribution in [0.3, 0.4) is 0 Å². The molecule has 3 nitrogen and oxygen atoms in total. The zero-order chi connectivity index (χ0) is 11.5. The topological polar surface area (TPSA) is 39.4 Å². The first-order chi connectivity index (χ1) is 7.74. The number of aryl methyl sites for hydroxylation is 1. The molecule has 1 aromatic heterocycles. The number of hydrogen-bond acceptors (Lipinski definition) is 3. The largest absolute Gasteiger partial charge is 0.449 e. The van der Waals surface area contributed by atoms with Gasteiger partial charge in [-0.05, 0) is 13.0 Å². The van der Waals surface area contributed by atoms with E-state index in [1.165, 1.54) is 0 Å². The molecule has 0 atom stereocenters. The van der Waals surface area contributed by atoms with E-state index in [0.29, 0.717) is 5.58 Å². The fourth-order valence-electron chi connectivity index (χ4n) is 1.52. The van der Waals surface area contributed by atoms with Crippen LogP contribution in [0, 0.1) is 6.92 Å². The fraction of sp³-hybridized carbons (Fsp3) is 0.0769. The SMILES string of the molecule is C=C=COC(=O)c1oc2ccccc2c1C.